The normalized spacial score (nSPS) is 16.0. The van der Waals surface area contributed by atoms with Crippen LogP contribution in [0.2, 0.25) is 0 Å². The van der Waals surface area contributed by atoms with Crippen molar-refractivity contribution in [3.05, 3.63) is 107 Å². The first kappa shape index (κ1) is 47.7. The zero-order valence-electron chi connectivity index (χ0n) is 35.1. The quantitative estimate of drug-likeness (QED) is 0.0719. The zero-order valence-corrected chi connectivity index (χ0v) is 35.1. The van der Waals surface area contributed by atoms with Crippen molar-refractivity contribution in [1.82, 2.24) is 20.9 Å². The summed E-state index contributed by atoms with van der Waals surface area (Å²) in [6.07, 6.45) is -4.22. The second kappa shape index (κ2) is 21.5. The van der Waals surface area contributed by atoms with Gasteiger partial charge in [0.2, 0.25) is 17.7 Å². The Labute approximate surface area is 354 Å². The van der Waals surface area contributed by atoms with Crippen LogP contribution < -0.4 is 16.0 Å². The van der Waals surface area contributed by atoms with Crippen molar-refractivity contribution in [2.75, 3.05) is 13.2 Å². The van der Waals surface area contributed by atoms with E-state index in [4.69, 9.17) is 14.2 Å². The van der Waals surface area contributed by atoms with Crippen molar-refractivity contribution < 1.29 is 56.1 Å². The van der Waals surface area contributed by atoms with E-state index in [9.17, 15) is 41.9 Å². The van der Waals surface area contributed by atoms with Crippen LogP contribution in [0, 0.1) is 0 Å². The molecule has 1 aliphatic rings. The summed E-state index contributed by atoms with van der Waals surface area (Å²) in [5.74, 6) is -3.34. The number of amides is 4. The number of likely N-dealkylation sites (tertiary alicyclic amines) is 1. The number of benzene rings is 3. The van der Waals surface area contributed by atoms with Crippen LogP contribution in [-0.4, -0.2) is 83.1 Å². The summed E-state index contributed by atoms with van der Waals surface area (Å²) in [5.41, 5.74) is -2.04. The summed E-state index contributed by atoms with van der Waals surface area (Å²) in [4.78, 5) is 82.3. The molecule has 4 amide bonds. The standard InChI is InChI=1S/C45H55F3N4O9/c1-6-44(5,51-37(53)34(50-42(58)61-43(2,3)4)20-13-14-27-59-39(55)32-18-11-8-12-19-32)41(57)49-35(28-30-22-24-33(25-23-30)45(46,47)48)38(54)52-26-15-21-36(52)40(56)60-29-31-16-9-7-10-17-31/h7-12,16-19,22-25,34-36H,6,13-15,20-21,26-29H2,1-5H3,(H,49,57)(H,50,58)(H,51,53)/t34-,35?,36+,44-/m0/s1. The molecule has 4 rings (SSSR count). The van der Waals surface area contributed by atoms with Gasteiger partial charge in [0.1, 0.15) is 35.9 Å². The molecule has 0 bridgehead atoms. The van der Waals surface area contributed by atoms with Crippen molar-refractivity contribution in [1.29, 1.82) is 0 Å². The van der Waals surface area contributed by atoms with Gasteiger partial charge in [-0.05, 0) is 102 Å². The number of nitrogens with one attached hydrogen (secondary N) is 3. The molecule has 13 nitrogen and oxygen atoms in total. The lowest BCUT2D eigenvalue weighted by molar-refractivity contribution is -0.155. The number of rotatable bonds is 18. The Morgan fingerprint density at radius 3 is 2.03 bits per heavy atom. The highest BCUT2D eigenvalue weighted by molar-refractivity contribution is 5.97. The maximum absolute atomic E-state index is 14.3. The van der Waals surface area contributed by atoms with Crippen molar-refractivity contribution in [2.45, 2.75) is 122 Å². The average Bonchev–Trinajstić information content (AvgIpc) is 3.72. The van der Waals surface area contributed by atoms with E-state index in [1.165, 1.54) is 24.0 Å². The molecular weight excluding hydrogens is 798 g/mol. The number of ether oxygens (including phenoxy) is 3. The van der Waals surface area contributed by atoms with Gasteiger partial charge in [-0.25, -0.2) is 14.4 Å². The van der Waals surface area contributed by atoms with Crippen LogP contribution in [-0.2, 0) is 52.6 Å². The molecule has 1 saturated heterocycles. The molecule has 0 radical (unpaired) electrons. The minimum atomic E-state index is -4.60. The summed E-state index contributed by atoms with van der Waals surface area (Å²) in [6.45, 7) is 8.21. The smallest absolute Gasteiger partial charge is 0.416 e. The molecule has 16 heteroatoms. The number of carbonyl (C=O) groups excluding carboxylic acids is 6. The van der Waals surface area contributed by atoms with E-state index >= 15 is 0 Å². The molecule has 1 aliphatic heterocycles. The average molecular weight is 853 g/mol. The van der Waals surface area contributed by atoms with Crippen LogP contribution in [0.5, 0.6) is 0 Å². The highest BCUT2D eigenvalue weighted by Crippen LogP contribution is 2.30. The highest BCUT2D eigenvalue weighted by atomic mass is 19.4. The molecule has 3 N–H and O–H groups in total. The number of esters is 2. The first-order valence-electron chi connectivity index (χ1n) is 20.3. The van der Waals surface area contributed by atoms with E-state index in [1.807, 2.05) is 6.07 Å². The molecule has 3 aromatic rings. The van der Waals surface area contributed by atoms with E-state index in [0.717, 1.165) is 17.7 Å². The minimum absolute atomic E-state index is 0.0124. The minimum Gasteiger partial charge on any atom is -0.462 e. The van der Waals surface area contributed by atoms with Gasteiger partial charge in [-0.1, -0.05) is 67.6 Å². The summed E-state index contributed by atoms with van der Waals surface area (Å²) in [6, 6.07) is 18.0. The molecule has 4 atom stereocenters. The molecule has 1 fully saturated rings. The number of halogens is 3. The van der Waals surface area contributed by atoms with Crippen molar-refractivity contribution in [3.63, 3.8) is 0 Å². The Morgan fingerprint density at radius 1 is 0.787 bits per heavy atom. The number of nitrogens with zero attached hydrogens (tertiary/aromatic N) is 1. The fourth-order valence-corrected chi connectivity index (χ4v) is 6.54. The van der Waals surface area contributed by atoms with Gasteiger partial charge in [0.25, 0.3) is 0 Å². The van der Waals surface area contributed by atoms with Crippen molar-refractivity contribution in [2.24, 2.45) is 0 Å². The molecule has 61 heavy (non-hydrogen) atoms. The third-order valence-electron chi connectivity index (χ3n) is 10.1. The number of unbranched alkanes of at least 4 members (excludes halogenated alkanes) is 1. The maximum atomic E-state index is 14.3. The van der Waals surface area contributed by atoms with E-state index in [0.29, 0.717) is 36.8 Å². The van der Waals surface area contributed by atoms with Crippen LogP contribution in [0.15, 0.2) is 84.9 Å². The molecule has 330 valence electrons. The maximum Gasteiger partial charge on any atom is 0.416 e. The van der Waals surface area contributed by atoms with Gasteiger partial charge in [0.15, 0.2) is 0 Å². The third-order valence-corrected chi connectivity index (χ3v) is 10.1. The second-order valence-corrected chi connectivity index (χ2v) is 16.1. The monoisotopic (exact) mass is 852 g/mol. The number of alkyl halides is 3. The lowest BCUT2D eigenvalue weighted by atomic mass is 9.94. The van der Waals surface area contributed by atoms with Crippen LogP contribution in [0.3, 0.4) is 0 Å². The van der Waals surface area contributed by atoms with E-state index in [2.05, 4.69) is 16.0 Å². The number of hydrogen-bond acceptors (Lipinski definition) is 9. The lowest BCUT2D eigenvalue weighted by Gasteiger charge is -2.34. The number of hydrogen-bond donors (Lipinski definition) is 3. The largest absolute Gasteiger partial charge is 0.462 e. The lowest BCUT2D eigenvalue weighted by Crippen LogP contribution is -2.63. The number of carbonyl (C=O) groups is 6. The fourth-order valence-electron chi connectivity index (χ4n) is 6.54. The Bertz CT molecular complexity index is 1960. The van der Waals surface area contributed by atoms with Crippen LogP contribution in [0.1, 0.15) is 100 Å². The highest BCUT2D eigenvalue weighted by Gasteiger charge is 2.42. The molecule has 0 aromatic heterocycles. The second-order valence-electron chi connectivity index (χ2n) is 16.1. The fraction of sp³-hybridized carbons (Fsp3) is 0.467. The van der Waals surface area contributed by atoms with Gasteiger partial charge in [0, 0.05) is 13.0 Å². The Hall–Kier alpha value is -5.93. The first-order chi connectivity index (χ1) is 28.8. The van der Waals surface area contributed by atoms with Gasteiger partial charge in [0.05, 0.1) is 17.7 Å². The molecule has 3 aromatic carbocycles. The predicted octanol–water partition coefficient (Wildman–Crippen LogP) is 6.67. The molecule has 1 unspecified atom stereocenters. The third kappa shape index (κ3) is 14.6. The molecule has 0 aliphatic carbocycles. The summed E-state index contributed by atoms with van der Waals surface area (Å²) >= 11 is 0. The summed E-state index contributed by atoms with van der Waals surface area (Å²) in [5, 5.41) is 8.01. The molecule has 0 saturated carbocycles. The van der Waals surface area contributed by atoms with Crippen LogP contribution in [0.25, 0.3) is 0 Å². The Balaban J connectivity index is 1.51. The van der Waals surface area contributed by atoms with Crippen LogP contribution >= 0.6 is 0 Å². The summed E-state index contributed by atoms with van der Waals surface area (Å²) in [7, 11) is 0. The van der Waals surface area contributed by atoms with Gasteiger partial charge in [-0.15, -0.1) is 0 Å². The molecular formula is C45H55F3N4O9. The summed E-state index contributed by atoms with van der Waals surface area (Å²) < 4.78 is 56.5. The van der Waals surface area contributed by atoms with E-state index in [-0.39, 0.29) is 39.0 Å². The topological polar surface area (TPSA) is 169 Å². The Kier molecular flexibility index (Phi) is 16.9. The van der Waals surface area contributed by atoms with Crippen LogP contribution in [0.4, 0.5) is 18.0 Å². The van der Waals surface area contributed by atoms with Crippen molar-refractivity contribution >= 4 is 35.8 Å². The first-order valence-corrected chi connectivity index (χ1v) is 20.3. The molecule has 0 spiro atoms. The van der Waals surface area contributed by atoms with Crippen molar-refractivity contribution in [3.8, 4) is 0 Å². The zero-order chi connectivity index (χ0) is 44.8. The number of alkyl carbamates (subject to hydrolysis) is 1. The predicted molar refractivity (Wildman–Crippen MR) is 219 cm³/mol. The SMILES string of the molecule is CC[C@](C)(NC(=O)[C@H](CCCCOC(=O)c1ccccc1)NC(=O)OC(C)(C)C)C(=O)NC(Cc1ccc(C(F)(F)F)cc1)C(=O)N1CCC[C@@H]1C(=O)OCc1ccccc1. The van der Waals surface area contributed by atoms with E-state index < -0.39 is 76.8 Å². The van der Waals surface area contributed by atoms with Gasteiger partial charge >= 0.3 is 24.2 Å². The molecule has 1 heterocycles. The van der Waals surface area contributed by atoms with Gasteiger partial charge in [-0.2, -0.15) is 13.2 Å². The van der Waals surface area contributed by atoms with E-state index in [1.54, 1.807) is 82.3 Å². The van der Waals surface area contributed by atoms with Gasteiger partial charge in [-0.3, -0.25) is 14.4 Å². The Morgan fingerprint density at radius 2 is 1.43 bits per heavy atom. The van der Waals surface area contributed by atoms with Gasteiger partial charge < -0.3 is 35.1 Å².